The van der Waals surface area contributed by atoms with E-state index in [9.17, 15) is 14.4 Å². The summed E-state index contributed by atoms with van der Waals surface area (Å²) in [4.78, 5) is 34.1. The van der Waals surface area contributed by atoms with E-state index in [1.165, 1.54) is 0 Å². The molecule has 0 aromatic heterocycles. The summed E-state index contributed by atoms with van der Waals surface area (Å²) in [7, 11) is 0. The molecule has 0 rings (SSSR count). The minimum Gasteiger partial charge on any atom is -0.444 e. The third-order valence-electron chi connectivity index (χ3n) is 2.37. The molecule has 3 amide bonds. The fraction of sp³-hybridized carbons (Fsp3) is 0.667. The average Bonchev–Trinajstić information content (AvgIpc) is 2.35. The third-order valence-corrected chi connectivity index (χ3v) is 2.37. The minimum absolute atomic E-state index is 0.165. The monoisotopic (exact) mass is 313 g/mol. The van der Waals surface area contributed by atoms with Crippen LogP contribution in [0.15, 0.2) is 12.2 Å². The molecule has 0 unspecified atom stereocenters. The maximum atomic E-state index is 11.5. The van der Waals surface area contributed by atoms with Crippen molar-refractivity contribution in [3.63, 3.8) is 0 Å². The van der Waals surface area contributed by atoms with Gasteiger partial charge < -0.3 is 20.7 Å². The van der Waals surface area contributed by atoms with Crippen molar-refractivity contribution >= 4 is 17.9 Å². The molecule has 0 aromatic carbocycles. The molecule has 0 bridgehead atoms. The van der Waals surface area contributed by atoms with Crippen LogP contribution in [0, 0.1) is 0 Å². The molecule has 7 heteroatoms. The van der Waals surface area contributed by atoms with E-state index < -0.39 is 11.7 Å². The molecule has 0 atom stereocenters. The van der Waals surface area contributed by atoms with E-state index in [1.54, 1.807) is 27.7 Å². The number of alkyl carbamates (subject to hydrolysis) is 1. The zero-order chi connectivity index (χ0) is 17.2. The van der Waals surface area contributed by atoms with Crippen LogP contribution in [0.25, 0.3) is 0 Å². The highest BCUT2D eigenvalue weighted by atomic mass is 16.6. The second kappa shape index (κ2) is 9.81. The predicted molar refractivity (Wildman–Crippen MR) is 84.3 cm³/mol. The molecule has 0 spiro atoms. The zero-order valence-corrected chi connectivity index (χ0v) is 13.9. The first kappa shape index (κ1) is 19.9. The van der Waals surface area contributed by atoms with Crippen molar-refractivity contribution in [1.82, 2.24) is 16.0 Å². The molecule has 7 nitrogen and oxygen atoms in total. The molecule has 0 aliphatic rings. The van der Waals surface area contributed by atoms with Gasteiger partial charge >= 0.3 is 6.09 Å². The van der Waals surface area contributed by atoms with E-state index in [-0.39, 0.29) is 24.8 Å². The Hall–Kier alpha value is -2.05. The molecule has 3 N–H and O–H groups in total. The molecular weight excluding hydrogens is 286 g/mol. The second-order valence-corrected chi connectivity index (χ2v) is 5.92. The van der Waals surface area contributed by atoms with Crippen molar-refractivity contribution in [2.24, 2.45) is 0 Å². The van der Waals surface area contributed by atoms with Gasteiger partial charge in [-0.15, -0.1) is 0 Å². The van der Waals surface area contributed by atoms with Crippen LogP contribution < -0.4 is 16.0 Å². The van der Waals surface area contributed by atoms with Crippen LogP contribution in [0.2, 0.25) is 0 Å². The van der Waals surface area contributed by atoms with Crippen LogP contribution >= 0.6 is 0 Å². The number of rotatable bonds is 8. The van der Waals surface area contributed by atoms with Crippen LogP contribution in [0.5, 0.6) is 0 Å². The fourth-order valence-corrected chi connectivity index (χ4v) is 1.35. The zero-order valence-electron chi connectivity index (χ0n) is 13.9. The number of hydrogen-bond acceptors (Lipinski definition) is 4. The Kier molecular flexibility index (Phi) is 8.89. The van der Waals surface area contributed by atoms with Crippen molar-refractivity contribution in [2.45, 2.75) is 46.1 Å². The molecule has 0 fully saturated rings. The van der Waals surface area contributed by atoms with Gasteiger partial charge in [0, 0.05) is 31.6 Å². The number of carbonyl (C=O) groups excluding carboxylic acids is 3. The highest BCUT2D eigenvalue weighted by molar-refractivity contribution is 5.92. The van der Waals surface area contributed by atoms with Crippen LogP contribution in [-0.2, 0) is 14.3 Å². The summed E-state index contributed by atoms with van der Waals surface area (Å²) in [5, 5.41) is 7.89. The highest BCUT2D eigenvalue weighted by Gasteiger charge is 2.15. The second-order valence-electron chi connectivity index (χ2n) is 5.92. The van der Waals surface area contributed by atoms with Gasteiger partial charge in [0.05, 0.1) is 0 Å². The Bertz CT molecular complexity index is 414. The summed E-state index contributed by atoms with van der Waals surface area (Å²) in [6.45, 7) is 11.6. The number of carbonyl (C=O) groups is 3. The lowest BCUT2D eigenvalue weighted by Gasteiger charge is -2.19. The number of ether oxygens (including phenoxy) is 1. The van der Waals surface area contributed by atoms with Crippen molar-refractivity contribution in [3.05, 3.63) is 12.2 Å². The normalized spacial score (nSPS) is 10.5. The number of amides is 3. The van der Waals surface area contributed by atoms with Crippen LogP contribution in [0.1, 0.15) is 40.5 Å². The van der Waals surface area contributed by atoms with Crippen LogP contribution in [0.3, 0.4) is 0 Å². The molecule has 0 saturated carbocycles. The molecular formula is C15H27N3O4. The first-order valence-electron chi connectivity index (χ1n) is 7.29. The summed E-state index contributed by atoms with van der Waals surface area (Å²) < 4.78 is 5.05. The van der Waals surface area contributed by atoms with Gasteiger partial charge in [-0.05, 0) is 34.1 Å². The topological polar surface area (TPSA) is 96.5 Å². The Morgan fingerprint density at radius 1 is 1.00 bits per heavy atom. The third kappa shape index (κ3) is 11.7. The Morgan fingerprint density at radius 2 is 1.59 bits per heavy atom. The van der Waals surface area contributed by atoms with E-state index in [0.717, 1.165) is 0 Å². The lowest BCUT2D eigenvalue weighted by Crippen LogP contribution is -2.35. The average molecular weight is 313 g/mol. The van der Waals surface area contributed by atoms with E-state index in [4.69, 9.17) is 4.74 Å². The Labute approximate surface area is 131 Å². The summed E-state index contributed by atoms with van der Waals surface area (Å²) in [5.74, 6) is -0.352. The van der Waals surface area contributed by atoms with E-state index in [1.807, 2.05) is 0 Å². The van der Waals surface area contributed by atoms with Crippen LogP contribution in [0.4, 0.5) is 4.79 Å². The van der Waals surface area contributed by atoms with Gasteiger partial charge in [0.2, 0.25) is 11.8 Å². The molecule has 22 heavy (non-hydrogen) atoms. The van der Waals surface area contributed by atoms with Crippen molar-refractivity contribution in [2.75, 3.05) is 19.6 Å². The van der Waals surface area contributed by atoms with Crippen molar-refractivity contribution in [1.29, 1.82) is 0 Å². The number of hydrogen-bond donors (Lipinski definition) is 3. The standard InChI is InChI=1S/C15H27N3O4/c1-11(2)13(20)17-9-6-8-16-12(19)7-10-18-14(21)22-15(3,4)5/h1,6-10H2,2-5H3,(H,16,19)(H,17,20)(H,18,21). The molecule has 0 radical (unpaired) electrons. The summed E-state index contributed by atoms with van der Waals surface area (Å²) in [6, 6.07) is 0. The first-order valence-corrected chi connectivity index (χ1v) is 7.29. The van der Waals surface area contributed by atoms with Crippen molar-refractivity contribution in [3.8, 4) is 0 Å². The SMILES string of the molecule is C=C(C)C(=O)NCCCNC(=O)CCNC(=O)OC(C)(C)C. The molecule has 0 heterocycles. The van der Waals surface area contributed by atoms with Gasteiger partial charge in [0.1, 0.15) is 5.60 Å². The fourth-order valence-electron chi connectivity index (χ4n) is 1.35. The molecule has 0 aliphatic heterocycles. The molecule has 0 saturated heterocycles. The Balaban J connectivity index is 3.61. The van der Waals surface area contributed by atoms with Gasteiger partial charge in [0.25, 0.3) is 0 Å². The lowest BCUT2D eigenvalue weighted by molar-refractivity contribution is -0.120. The van der Waals surface area contributed by atoms with Gasteiger partial charge in [-0.25, -0.2) is 4.79 Å². The maximum Gasteiger partial charge on any atom is 0.407 e. The quantitative estimate of drug-likeness (QED) is 0.462. The van der Waals surface area contributed by atoms with Gasteiger partial charge in [-0.3, -0.25) is 9.59 Å². The van der Waals surface area contributed by atoms with E-state index >= 15 is 0 Å². The van der Waals surface area contributed by atoms with Gasteiger partial charge in [0.15, 0.2) is 0 Å². The highest BCUT2D eigenvalue weighted by Crippen LogP contribution is 2.06. The minimum atomic E-state index is -0.555. The van der Waals surface area contributed by atoms with Crippen LogP contribution in [-0.4, -0.2) is 43.1 Å². The first-order chi connectivity index (χ1) is 10.1. The lowest BCUT2D eigenvalue weighted by atomic mass is 10.2. The number of nitrogens with one attached hydrogen (secondary N) is 3. The van der Waals surface area contributed by atoms with Gasteiger partial charge in [-0.2, -0.15) is 0 Å². The smallest absolute Gasteiger partial charge is 0.407 e. The Morgan fingerprint density at radius 3 is 2.14 bits per heavy atom. The van der Waals surface area contributed by atoms with E-state index in [2.05, 4.69) is 22.5 Å². The largest absolute Gasteiger partial charge is 0.444 e. The molecule has 0 aliphatic carbocycles. The van der Waals surface area contributed by atoms with E-state index in [0.29, 0.717) is 25.1 Å². The molecule has 126 valence electrons. The summed E-state index contributed by atoms with van der Waals surface area (Å²) >= 11 is 0. The summed E-state index contributed by atoms with van der Waals surface area (Å²) in [6.07, 6.45) is 0.268. The predicted octanol–water partition coefficient (Wildman–Crippen LogP) is 1.10. The molecule has 0 aromatic rings. The maximum absolute atomic E-state index is 11.5. The van der Waals surface area contributed by atoms with Crippen molar-refractivity contribution < 1.29 is 19.1 Å². The van der Waals surface area contributed by atoms with Gasteiger partial charge in [-0.1, -0.05) is 6.58 Å². The summed E-state index contributed by atoms with van der Waals surface area (Å²) in [5.41, 5.74) is -0.0992.